The smallest absolute Gasteiger partial charge is 0.325 e. The number of esters is 1. The molecular formula is C12H13BrN2O3. The molecule has 1 aliphatic heterocycles. The van der Waals surface area contributed by atoms with E-state index in [0.29, 0.717) is 5.69 Å². The normalized spacial score (nSPS) is 14.5. The highest BCUT2D eigenvalue weighted by atomic mass is 79.9. The standard InChI is InChI=1S/C12H13BrN2O3/c1-14-6-11(16)15(7-12(17)18-2)10-5-8(13)3-4-9(10)14/h3-5H,6-7H2,1-2H3. The van der Waals surface area contributed by atoms with Crippen LogP contribution in [0.3, 0.4) is 0 Å². The van der Waals surface area contributed by atoms with Gasteiger partial charge in [-0.2, -0.15) is 0 Å². The first-order valence-corrected chi connectivity index (χ1v) is 6.20. The summed E-state index contributed by atoms with van der Waals surface area (Å²) in [6.45, 7) is 0.193. The predicted molar refractivity (Wildman–Crippen MR) is 71.8 cm³/mol. The summed E-state index contributed by atoms with van der Waals surface area (Å²) in [5, 5.41) is 0. The van der Waals surface area contributed by atoms with Crippen LogP contribution in [0.25, 0.3) is 0 Å². The van der Waals surface area contributed by atoms with Crippen LogP contribution in [0.2, 0.25) is 0 Å². The topological polar surface area (TPSA) is 49.9 Å². The highest BCUT2D eigenvalue weighted by Crippen LogP contribution is 2.34. The molecule has 0 saturated heterocycles. The second kappa shape index (κ2) is 4.97. The van der Waals surface area contributed by atoms with Crippen molar-refractivity contribution in [3.63, 3.8) is 0 Å². The average molecular weight is 313 g/mol. The number of benzene rings is 1. The van der Waals surface area contributed by atoms with Crippen molar-refractivity contribution < 1.29 is 14.3 Å². The Balaban J connectivity index is 2.41. The maximum atomic E-state index is 12.0. The van der Waals surface area contributed by atoms with Crippen LogP contribution in [-0.2, 0) is 14.3 Å². The fourth-order valence-corrected chi connectivity index (χ4v) is 2.26. The van der Waals surface area contributed by atoms with Crippen LogP contribution < -0.4 is 9.80 Å². The summed E-state index contributed by atoms with van der Waals surface area (Å²) < 4.78 is 5.48. The van der Waals surface area contributed by atoms with Crippen molar-refractivity contribution in [3.05, 3.63) is 22.7 Å². The van der Waals surface area contributed by atoms with Gasteiger partial charge < -0.3 is 9.64 Å². The van der Waals surface area contributed by atoms with Gasteiger partial charge in [0, 0.05) is 11.5 Å². The lowest BCUT2D eigenvalue weighted by atomic mass is 10.1. The van der Waals surface area contributed by atoms with Gasteiger partial charge in [0.05, 0.1) is 25.0 Å². The highest BCUT2D eigenvalue weighted by Gasteiger charge is 2.29. The number of nitrogens with zero attached hydrogens (tertiary/aromatic N) is 2. The van der Waals surface area contributed by atoms with E-state index in [0.717, 1.165) is 10.2 Å². The molecule has 0 aromatic heterocycles. The third-order valence-electron chi connectivity index (χ3n) is 2.83. The van der Waals surface area contributed by atoms with Gasteiger partial charge in [0.1, 0.15) is 6.54 Å². The monoisotopic (exact) mass is 312 g/mol. The molecule has 2 rings (SSSR count). The van der Waals surface area contributed by atoms with Gasteiger partial charge in [0.25, 0.3) is 0 Å². The van der Waals surface area contributed by atoms with Crippen molar-refractivity contribution in [1.82, 2.24) is 0 Å². The maximum absolute atomic E-state index is 12.0. The lowest BCUT2D eigenvalue weighted by molar-refractivity contribution is -0.140. The summed E-state index contributed by atoms with van der Waals surface area (Å²) in [4.78, 5) is 26.7. The number of likely N-dealkylation sites (N-methyl/N-ethyl adjacent to an activating group) is 1. The number of ether oxygens (including phenoxy) is 1. The summed E-state index contributed by atoms with van der Waals surface area (Å²) >= 11 is 3.37. The van der Waals surface area contributed by atoms with Crippen molar-refractivity contribution in [1.29, 1.82) is 0 Å². The van der Waals surface area contributed by atoms with E-state index in [1.165, 1.54) is 12.0 Å². The molecule has 0 spiro atoms. The van der Waals surface area contributed by atoms with Gasteiger partial charge in [0.15, 0.2) is 0 Å². The molecule has 0 atom stereocenters. The largest absolute Gasteiger partial charge is 0.468 e. The van der Waals surface area contributed by atoms with Crippen LogP contribution in [0, 0.1) is 0 Å². The molecule has 5 nitrogen and oxygen atoms in total. The molecule has 0 aliphatic carbocycles. The average Bonchev–Trinajstić information content (AvgIpc) is 2.33. The molecule has 0 saturated carbocycles. The fourth-order valence-electron chi connectivity index (χ4n) is 1.91. The summed E-state index contributed by atoms with van der Waals surface area (Å²) in [6.07, 6.45) is 0. The molecule has 1 heterocycles. The Labute approximate surface area is 113 Å². The Hall–Kier alpha value is -1.56. The minimum Gasteiger partial charge on any atom is -0.468 e. The number of anilines is 2. The van der Waals surface area contributed by atoms with E-state index in [1.807, 2.05) is 30.1 Å². The maximum Gasteiger partial charge on any atom is 0.325 e. The van der Waals surface area contributed by atoms with Crippen molar-refractivity contribution >= 4 is 39.2 Å². The first-order chi connectivity index (χ1) is 8.52. The summed E-state index contributed by atoms with van der Waals surface area (Å²) in [7, 11) is 3.16. The zero-order valence-corrected chi connectivity index (χ0v) is 11.7. The Kier molecular flexibility index (Phi) is 3.56. The highest BCUT2D eigenvalue weighted by molar-refractivity contribution is 9.10. The first kappa shape index (κ1) is 12.9. The van der Waals surface area contributed by atoms with Gasteiger partial charge in [0.2, 0.25) is 5.91 Å². The van der Waals surface area contributed by atoms with E-state index in [-0.39, 0.29) is 19.0 Å². The number of hydrogen-bond donors (Lipinski definition) is 0. The minimum atomic E-state index is -0.432. The number of carbonyl (C=O) groups is 2. The van der Waals surface area contributed by atoms with Crippen LogP contribution >= 0.6 is 15.9 Å². The van der Waals surface area contributed by atoms with Crippen LogP contribution in [0.4, 0.5) is 11.4 Å². The Morgan fingerprint density at radius 2 is 2.17 bits per heavy atom. The summed E-state index contributed by atoms with van der Waals surface area (Å²) in [6, 6.07) is 5.64. The number of methoxy groups -OCH3 is 1. The molecule has 0 unspecified atom stereocenters. The van der Waals surface area contributed by atoms with E-state index in [4.69, 9.17) is 0 Å². The molecule has 18 heavy (non-hydrogen) atoms. The Bertz CT molecular complexity index is 504. The van der Waals surface area contributed by atoms with Crippen LogP contribution in [0.5, 0.6) is 0 Å². The third-order valence-corrected chi connectivity index (χ3v) is 3.32. The van der Waals surface area contributed by atoms with E-state index >= 15 is 0 Å². The minimum absolute atomic E-state index is 0.0629. The molecule has 0 N–H and O–H groups in total. The van der Waals surface area contributed by atoms with E-state index in [1.54, 1.807) is 0 Å². The van der Waals surface area contributed by atoms with Crippen molar-refractivity contribution in [2.24, 2.45) is 0 Å². The Morgan fingerprint density at radius 3 is 2.83 bits per heavy atom. The van der Waals surface area contributed by atoms with E-state index in [9.17, 15) is 9.59 Å². The van der Waals surface area contributed by atoms with Gasteiger partial charge >= 0.3 is 5.97 Å². The Morgan fingerprint density at radius 1 is 1.44 bits per heavy atom. The van der Waals surface area contributed by atoms with E-state index < -0.39 is 5.97 Å². The molecule has 6 heteroatoms. The van der Waals surface area contributed by atoms with Crippen molar-refractivity contribution in [2.75, 3.05) is 37.0 Å². The molecule has 1 aromatic carbocycles. The van der Waals surface area contributed by atoms with Crippen LogP contribution in [0.1, 0.15) is 0 Å². The van der Waals surface area contributed by atoms with Gasteiger partial charge in [-0.3, -0.25) is 14.5 Å². The molecule has 1 amide bonds. The SMILES string of the molecule is COC(=O)CN1C(=O)CN(C)c2ccc(Br)cc21. The number of rotatable bonds is 2. The quantitative estimate of drug-likeness (QED) is 0.775. The molecule has 1 aromatic rings. The van der Waals surface area contributed by atoms with Crippen molar-refractivity contribution in [2.45, 2.75) is 0 Å². The summed E-state index contributed by atoms with van der Waals surface area (Å²) in [5.41, 5.74) is 1.63. The molecule has 0 radical (unpaired) electrons. The number of carbonyl (C=O) groups excluding carboxylic acids is 2. The molecule has 96 valence electrons. The molecule has 0 fully saturated rings. The summed E-state index contributed by atoms with van der Waals surface area (Å²) in [5.74, 6) is -0.549. The third kappa shape index (κ3) is 2.33. The van der Waals surface area contributed by atoms with Gasteiger partial charge in [-0.15, -0.1) is 0 Å². The second-order valence-electron chi connectivity index (χ2n) is 4.05. The number of hydrogen-bond acceptors (Lipinski definition) is 4. The lowest BCUT2D eigenvalue weighted by Gasteiger charge is -2.34. The fraction of sp³-hybridized carbons (Fsp3) is 0.333. The first-order valence-electron chi connectivity index (χ1n) is 5.41. The van der Waals surface area contributed by atoms with Gasteiger partial charge in [-0.1, -0.05) is 15.9 Å². The zero-order chi connectivity index (χ0) is 13.3. The predicted octanol–water partition coefficient (Wildman–Crippen LogP) is 1.40. The molecule has 1 aliphatic rings. The van der Waals surface area contributed by atoms with Crippen LogP contribution in [-0.4, -0.2) is 39.1 Å². The molecule has 0 bridgehead atoms. The van der Waals surface area contributed by atoms with Crippen molar-refractivity contribution in [3.8, 4) is 0 Å². The van der Waals surface area contributed by atoms with E-state index in [2.05, 4.69) is 20.7 Å². The van der Waals surface area contributed by atoms with Gasteiger partial charge in [-0.05, 0) is 18.2 Å². The lowest BCUT2D eigenvalue weighted by Crippen LogP contribution is -2.46. The number of fused-ring (bicyclic) bond motifs is 1. The molecular weight excluding hydrogens is 300 g/mol. The van der Waals surface area contributed by atoms with Crippen LogP contribution in [0.15, 0.2) is 22.7 Å². The van der Waals surface area contributed by atoms with Gasteiger partial charge in [-0.25, -0.2) is 0 Å². The number of halogens is 1. The second-order valence-corrected chi connectivity index (χ2v) is 4.96. The number of amides is 1. The zero-order valence-electron chi connectivity index (χ0n) is 10.1.